The molecule has 3 aromatic rings. The predicted octanol–water partition coefficient (Wildman–Crippen LogP) is 5.34. The van der Waals surface area contributed by atoms with Crippen LogP contribution in [0.3, 0.4) is 0 Å². The van der Waals surface area contributed by atoms with Crippen LogP contribution in [0.15, 0.2) is 48.7 Å². The number of hydrogen-bond acceptors (Lipinski definition) is 2. The summed E-state index contributed by atoms with van der Waals surface area (Å²) in [7, 11) is 0. The summed E-state index contributed by atoms with van der Waals surface area (Å²) in [5, 5.41) is 5.35. The van der Waals surface area contributed by atoms with Crippen LogP contribution >= 0.6 is 23.2 Å². The zero-order valence-corrected chi connectivity index (χ0v) is 13.1. The Morgan fingerprint density at radius 3 is 2.77 bits per heavy atom. The smallest absolute Gasteiger partial charge is 0.149 e. The number of nitrogens with zero attached hydrogens (tertiary/aromatic N) is 1. The molecule has 0 radical (unpaired) electrons. The van der Waals surface area contributed by atoms with E-state index in [2.05, 4.69) is 10.3 Å². The van der Waals surface area contributed by atoms with E-state index in [-0.39, 0.29) is 5.82 Å². The van der Waals surface area contributed by atoms with Gasteiger partial charge in [0.1, 0.15) is 11.3 Å². The summed E-state index contributed by atoms with van der Waals surface area (Å²) in [5.74, 6) is -0.318. The highest BCUT2D eigenvalue weighted by Crippen LogP contribution is 2.24. The minimum Gasteiger partial charge on any atom is -0.384 e. The Morgan fingerprint density at radius 2 is 1.95 bits per heavy atom. The van der Waals surface area contributed by atoms with Crippen molar-refractivity contribution in [3.63, 3.8) is 0 Å². The third kappa shape index (κ3) is 3.16. The van der Waals surface area contributed by atoms with Gasteiger partial charge < -0.3 is 5.32 Å². The first-order chi connectivity index (χ1) is 10.6. The van der Waals surface area contributed by atoms with Crippen LogP contribution in [-0.2, 0) is 6.42 Å². The molecule has 2 aromatic carbocycles. The van der Waals surface area contributed by atoms with Crippen LogP contribution in [-0.4, -0.2) is 11.5 Å². The van der Waals surface area contributed by atoms with Crippen LogP contribution in [0, 0.1) is 5.82 Å². The van der Waals surface area contributed by atoms with Gasteiger partial charge in [-0.15, -0.1) is 0 Å². The van der Waals surface area contributed by atoms with Crippen LogP contribution in [0.4, 0.5) is 10.1 Å². The number of halogens is 3. The molecule has 0 aliphatic rings. The fourth-order valence-corrected chi connectivity index (χ4v) is 2.85. The second-order valence-corrected chi connectivity index (χ2v) is 5.75. The average molecular weight is 335 g/mol. The molecule has 1 aromatic heterocycles. The van der Waals surface area contributed by atoms with Crippen molar-refractivity contribution in [1.29, 1.82) is 0 Å². The molecule has 3 rings (SSSR count). The second-order valence-electron chi connectivity index (χ2n) is 4.91. The zero-order chi connectivity index (χ0) is 15.5. The lowest BCUT2D eigenvalue weighted by Crippen LogP contribution is -2.06. The summed E-state index contributed by atoms with van der Waals surface area (Å²) in [6.45, 7) is 0.678. The lowest BCUT2D eigenvalue weighted by atomic mass is 10.1. The van der Waals surface area contributed by atoms with Gasteiger partial charge in [0.05, 0.1) is 0 Å². The average Bonchev–Trinajstić information content (AvgIpc) is 2.50. The SMILES string of the molecule is Fc1cccc2c(NCCc3ccc(Cl)cc3Cl)ccnc12. The Bertz CT molecular complexity index is 821. The highest BCUT2D eigenvalue weighted by atomic mass is 35.5. The molecule has 0 unspecified atom stereocenters. The first kappa shape index (κ1) is 15.1. The van der Waals surface area contributed by atoms with Gasteiger partial charge in [-0.05, 0) is 36.2 Å². The summed E-state index contributed by atoms with van der Waals surface area (Å²) in [6.07, 6.45) is 2.35. The lowest BCUT2D eigenvalue weighted by molar-refractivity contribution is 0.637. The maximum atomic E-state index is 13.7. The maximum absolute atomic E-state index is 13.7. The Hall–Kier alpha value is -1.84. The highest BCUT2D eigenvalue weighted by molar-refractivity contribution is 6.35. The number of hydrogen-bond donors (Lipinski definition) is 1. The molecule has 0 amide bonds. The van der Waals surface area contributed by atoms with Crippen molar-refractivity contribution < 1.29 is 4.39 Å². The van der Waals surface area contributed by atoms with Gasteiger partial charge in [0.25, 0.3) is 0 Å². The topological polar surface area (TPSA) is 24.9 Å². The normalized spacial score (nSPS) is 10.9. The molecule has 2 nitrogen and oxygen atoms in total. The van der Waals surface area contributed by atoms with Crippen LogP contribution < -0.4 is 5.32 Å². The molecule has 5 heteroatoms. The first-order valence-electron chi connectivity index (χ1n) is 6.86. The van der Waals surface area contributed by atoms with E-state index in [1.807, 2.05) is 24.3 Å². The number of fused-ring (bicyclic) bond motifs is 1. The van der Waals surface area contributed by atoms with Crippen LogP contribution in [0.5, 0.6) is 0 Å². The fourth-order valence-electron chi connectivity index (χ4n) is 2.35. The zero-order valence-electron chi connectivity index (χ0n) is 11.6. The van der Waals surface area contributed by atoms with Crippen molar-refractivity contribution in [2.24, 2.45) is 0 Å². The van der Waals surface area contributed by atoms with Gasteiger partial charge in [-0.1, -0.05) is 41.4 Å². The van der Waals surface area contributed by atoms with Crippen molar-refractivity contribution in [3.8, 4) is 0 Å². The van der Waals surface area contributed by atoms with Gasteiger partial charge in [-0.25, -0.2) is 4.39 Å². The number of anilines is 1. The number of pyridine rings is 1. The third-order valence-electron chi connectivity index (χ3n) is 3.45. The Labute approximate surface area is 137 Å². The molecule has 0 spiro atoms. The van der Waals surface area contributed by atoms with Gasteiger partial charge in [-0.3, -0.25) is 4.98 Å². The molecule has 1 heterocycles. The van der Waals surface area contributed by atoms with Crippen molar-refractivity contribution >= 4 is 39.8 Å². The Kier molecular flexibility index (Phi) is 4.46. The van der Waals surface area contributed by atoms with Gasteiger partial charge in [0, 0.05) is 33.9 Å². The van der Waals surface area contributed by atoms with Gasteiger partial charge in [0.15, 0.2) is 0 Å². The van der Waals surface area contributed by atoms with E-state index in [0.717, 1.165) is 23.1 Å². The molecular weight excluding hydrogens is 322 g/mol. The standard InChI is InChI=1S/C17H13Cl2FN2/c18-12-5-4-11(14(19)10-12)6-8-21-16-7-9-22-17-13(16)2-1-3-15(17)20/h1-5,7,9-10H,6,8H2,(H,21,22). The molecule has 22 heavy (non-hydrogen) atoms. The molecule has 1 N–H and O–H groups in total. The molecule has 0 fully saturated rings. The van der Waals surface area contributed by atoms with Crippen molar-refractivity contribution in [1.82, 2.24) is 4.98 Å². The van der Waals surface area contributed by atoms with Gasteiger partial charge in [0.2, 0.25) is 0 Å². The van der Waals surface area contributed by atoms with E-state index in [4.69, 9.17) is 23.2 Å². The number of benzene rings is 2. The summed E-state index contributed by atoms with van der Waals surface area (Å²) in [4.78, 5) is 4.08. The minimum atomic E-state index is -0.318. The van der Waals surface area contributed by atoms with Crippen molar-refractivity contribution in [3.05, 3.63) is 70.1 Å². The number of aromatic nitrogens is 1. The predicted molar refractivity (Wildman–Crippen MR) is 90.4 cm³/mol. The van der Waals surface area contributed by atoms with E-state index in [1.54, 1.807) is 18.3 Å². The van der Waals surface area contributed by atoms with Gasteiger partial charge in [-0.2, -0.15) is 0 Å². The minimum absolute atomic E-state index is 0.318. The molecule has 0 bridgehead atoms. The van der Waals surface area contributed by atoms with E-state index in [1.165, 1.54) is 6.07 Å². The molecule has 0 aliphatic heterocycles. The van der Waals surface area contributed by atoms with Crippen LogP contribution in [0.2, 0.25) is 10.0 Å². The maximum Gasteiger partial charge on any atom is 0.149 e. The summed E-state index contributed by atoms with van der Waals surface area (Å²) >= 11 is 12.0. The van der Waals surface area contributed by atoms with Crippen LogP contribution in [0.25, 0.3) is 10.9 Å². The largest absolute Gasteiger partial charge is 0.384 e. The third-order valence-corrected chi connectivity index (χ3v) is 4.03. The lowest BCUT2D eigenvalue weighted by Gasteiger charge is -2.10. The Balaban J connectivity index is 1.76. The van der Waals surface area contributed by atoms with Crippen molar-refractivity contribution in [2.75, 3.05) is 11.9 Å². The summed E-state index contributed by atoms with van der Waals surface area (Å²) < 4.78 is 13.7. The molecule has 0 saturated carbocycles. The van der Waals surface area contributed by atoms with E-state index in [9.17, 15) is 4.39 Å². The van der Waals surface area contributed by atoms with Crippen LogP contribution in [0.1, 0.15) is 5.56 Å². The number of nitrogens with one attached hydrogen (secondary N) is 1. The van der Waals surface area contributed by atoms with E-state index in [0.29, 0.717) is 22.1 Å². The summed E-state index contributed by atoms with van der Waals surface area (Å²) in [6, 6.07) is 12.2. The highest BCUT2D eigenvalue weighted by Gasteiger charge is 2.06. The first-order valence-corrected chi connectivity index (χ1v) is 7.62. The number of rotatable bonds is 4. The van der Waals surface area contributed by atoms with Crippen molar-refractivity contribution in [2.45, 2.75) is 6.42 Å². The molecule has 0 aliphatic carbocycles. The van der Waals surface area contributed by atoms with E-state index >= 15 is 0 Å². The number of para-hydroxylation sites is 1. The van der Waals surface area contributed by atoms with E-state index < -0.39 is 0 Å². The molecular formula is C17H13Cl2FN2. The van der Waals surface area contributed by atoms with Gasteiger partial charge >= 0.3 is 0 Å². The monoisotopic (exact) mass is 334 g/mol. The molecule has 0 saturated heterocycles. The fraction of sp³-hybridized carbons (Fsp3) is 0.118. The summed E-state index contributed by atoms with van der Waals surface area (Å²) in [5.41, 5.74) is 2.25. The Morgan fingerprint density at radius 1 is 1.09 bits per heavy atom. The molecule has 112 valence electrons. The second kappa shape index (κ2) is 6.51. The quantitative estimate of drug-likeness (QED) is 0.696. The molecule has 0 atom stereocenters.